The minimum atomic E-state index is -0.0838. The Bertz CT molecular complexity index is 1190. The molecular weight excluding hydrogens is 374 g/mol. The van der Waals surface area contributed by atoms with E-state index in [4.69, 9.17) is 9.72 Å². The van der Waals surface area contributed by atoms with Crippen molar-refractivity contribution in [2.45, 2.75) is 19.9 Å². The minimum Gasteiger partial charge on any atom is -0.491 e. The summed E-state index contributed by atoms with van der Waals surface area (Å²) in [5.41, 5.74) is 2.03. The number of imidazole rings is 1. The SMILES string of the molecule is C/C=C/C(=O)NCCc1nc2ccccc2n1CCOc1cccc2ccccc12. The molecule has 0 radical (unpaired) electrons. The van der Waals surface area contributed by atoms with Gasteiger partial charge in [-0.15, -0.1) is 0 Å². The van der Waals surface area contributed by atoms with E-state index in [1.165, 1.54) is 11.5 Å². The quantitative estimate of drug-likeness (QED) is 0.444. The Balaban J connectivity index is 1.49. The number of nitrogens with one attached hydrogen (secondary N) is 1. The highest BCUT2D eigenvalue weighted by Gasteiger charge is 2.11. The highest BCUT2D eigenvalue weighted by Crippen LogP contribution is 2.25. The summed E-state index contributed by atoms with van der Waals surface area (Å²) in [7, 11) is 0. The smallest absolute Gasteiger partial charge is 0.243 e. The average molecular weight is 399 g/mol. The highest BCUT2D eigenvalue weighted by atomic mass is 16.5. The molecule has 0 aliphatic rings. The van der Waals surface area contributed by atoms with Gasteiger partial charge in [0.05, 0.1) is 17.6 Å². The van der Waals surface area contributed by atoms with Crippen LogP contribution in [0.4, 0.5) is 0 Å². The lowest BCUT2D eigenvalue weighted by atomic mass is 10.1. The van der Waals surface area contributed by atoms with Crippen molar-refractivity contribution in [1.29, 1.82) is 0 Å². The van der Waals surface area contributed by atoms with Gasteiger partial charge in [-0.1, -0.05) is 54.6 Å². The van der Waals surface area contributed by atoms with Crippen molar-refractivity contribution in [3.05, 3.63) is 84.7 Å². The fraction of sp³-hybridized carbons (Fsp3) is 0.200. The first-order valence-corrected chi connectivity index (χ1v) is 10.2. The van der Waals surface area contributed by atoms with E-state index < -0.39 is 0 Å². The van der Waals surface area contributed by atoms with Gasteiger partial charge >= 0.3 is 0 Å². The molecule has 152 valence electrons. The number of amides is 1. The van der Waals surface area contributed by atoms with Gasteiger partial charge in [0.15, 0.2) is 0 Å². The maximum atomic E-state index is 11.7. The lowest BCUT2D eigenvalue weighted by Crippen LogP contribution is -2.24. The molecule has 4 rings (SSSR count). The zero-order valence-corrected chi connectivity index (χ0v) is 17.0. The first-order chi connectivity index (χ1) is 14.8. The van der Waals surface area contributed by atoms with E-state index in [-0.39, 0.29) is 5.91 Å². The predicted octanol–water partition coefficient (Wildman–Crippen LogP) is 4.50. The van der Waals surface area contributed by atoms with E-state index in [1.807, 2.05) is 49.4 Å². The molecular formula is C25H25N3O2. The number of hydrogen-bond acceptors (Lipinski definition) is 3. The number of carbonyl (C=O) groups is 1. The van der Waals surface area contributed by atoms with Crippen LogP contribution in [0, 0.1) is 0 Å². The summed E-state index contributed by atoms with van der Waals surface area (Å²) in [5.74, 6) is 1.75. The lowest BCUT2D eigenvalue weighted by molar-refractivity contribution is -0.116. The molecule has 0 aliphatic heterocycles. The molecule has 0 bridgehead atoms. The third-order valence-electron chi connectivity index (χ3n) is 5.02. The number of hydrogen-bond donors (Lipinski definition) is 1. The Labute approximate surface area is 176 Å². The summed E-state index contributed by atoms with van der Waals surface area (Å²) in [6, 6.07) is 22.4. The van der Waals surface area contributed by atoms with Crippen molar-refractivity contribution in [3.8, 4) is 5.75 Å². The monoisotopic (exact) mass is 399 g/mol. The van der Waals surface area contributed by atoms with E-state index in [9.17, 15) is 4.79 Å². The largest absolute Gasteiger partial charge is 0.491 e. The van der Waals surface area contributed by atoms with Crippen LogP contribution in [0.5, 0.6) is 5.75 Å². The second kappa shape index (κ2) is 9.27. The van der Waals surface area contributed by atoms with Crippen LogP contribution in [-0.2, 0) is 17.8 Å². The summed E-state index contributed by atoms with van der Waals surface area (Å²) in [5, 5.41) is 5.18. The third-order valence-corrected chi connectivity index (χ3v) is 5.02. The zero-order valence-electron chi connectivity index (χ0n) is 17.0. The Morgan fingerprint density at radius 1 is 1.07 bits per heavy atom. The lowest BCUT2D eigenvalue weighted by Gasteiger charge is -2.12. The van der Waals surface area contributed by atoms with E-state index >= 15 is 0 Å². The van der Waals surface area contributed by atoms with Crippen LogP contribution in [0.3, 0.4) is 0 Å². The molecule has 0 saturated carbocycles. The number of para-hydroxylation sites is 2. The molecule has 0 aliphatic carbocycles. The van der Waals surface area contributed by atoms with Crippen molar-refractivity contribution in [3.63, 3.8) is 0 Å². The predicted molar refractivity (Wildman–Crippen MR) is 121 cm³/mol. The van der Waals surface area contributed by atoms with Gasteiger partial charge < -0.3 is 14.6 Å². The standard InChI is InChI=1S/C25H25N3O2/c1-2-8-25(29)26-16-15-24-27-21-12-5-6-13-22(21)28(24)17-18-30-23-14-7-10-19-9-3-4-11-20(19)23/h2-14H,15-18H2,1H3,(H,26,29)/b8-2+. The number of nitrogens with zero attached hydrogens (tertiary/aromatic N) is 2. The number of carbonyl (C=O) groups excluding carboxylic acids is 1. The Kier molecular flexibility index (Phi) is 6.09. The molecule has 1 aromatic heterocycles. The summed E-state index contributed by atoms with van der Waals surface area (Å²) in [6.45, 7) is 3.58. The Hall–Kier alpha value is -3.60. The van der Waals surface area contributed by atoms with Crippen LogP contribution in [0.1, 0.15) is 12.7 Å². The fourth-order valence-corrected chi connectivity index (χ4v) is 3.64. The van der Waals surface area contributed by atoms with Crippen molar-refractivity contribution >= 4 is 27.7 Å². The number of aromatic nitrogens is 2. The average Bonchev–Trinajstić information content (AvgIpc) is 3.11. The van der Waals surface area contributed by atoms with E-state index in [1.54, 1.807) is 6.08 Å². The second-order valence-electron chi connectivity index (χ2n) is 7.04. The van der Waals surface area contributed by atoms with Crippen LogP contribution in [0.15, 0.2) is 78.9 Å². The van der Waals surface area contributed by atoms with E-state index in [0.29, 0.717) is 26.1 Å². The summed E-state index contributed by atoms with van der Waals surface area (Å²) >= 11 is 0. The molecule has 4 aromatic rings. The van der Waals surface area contributed by atoms with Gasteiger partial charge in [0.2, 0.25) is 5.91 Å². The van der Waals surface area contributed by atoms with E-state index in [2.05, 4.69) is 34.1 Å². The van der Waals surface area contributed by atoms with Gasteiger partial charge in [-0.25, -0.2) is 4.98 Å². The van der Waals surface area contributed by atoms with Crippen LogP contribution >= 0.6 is 0 Å². The Morgan fingerprint density at radius 3 is 2.77 bits per heavy atom. The summed E-state index contributed by atoms with van der Waals surface area (Å²) < 4.78 is 8.33. The summed E-state index contributed by atoms with van der Waals surface area (Å²) in [4.78, 5) is 16.5. The van der Waals surface area contributed by atoms with Gasteiger partial charge in [-0.05, 0) is 36.6 Å². The molecule has 0 unspecified atom stereocenters. The summed E-state index contributed by atoms with van der Waals surface area (Å²) in [6.07, 6.45) is 3.92. The Morgan fingerprint density at radius 2 is 1.87 bits per heavy atom. The fourth-order valence-electron chi connectivity index (χ4n) is 3.64. The zero-order chi connectivity index (χ0) is 20.8. The maximum absolute atomic E-state index is 11.7. The van der Waals surface area contributed by atoms with Gasteiger partial charge in [0, 0.05) is 18.4 Å². The second-order valence-corrected chi connectivity index (χ2v) is 7.04. The molecule has 5 heteroatoms. The number of allylic oxidation sites excluding steroid dienone is 1. The number of fused-ring (bicyclic) bond motifs is 2. The van der Waals surface area contributed by atoms with Crippen molar-refractivity contribution in [1.82, 2.24) is 14.9 Å². The molecule has 0 spiro atoms. The molecule has 1 N–H and O–H groups in total. The molecule has 1 amide bonds. The first kappa shape index (κ1) is 19.7. The maximum Gasteiger partial charge on any atom is 0.243 e. The molecule has 5 nitrogen and oxygen atoms in total. The van der Waals surface area contributed by atoms with E-state index in [0.717, 1.165) is 28.0 Å². The molecule has 0 saturated heterocycles. The normalized spacial score (nSPS) is 11.4. The van der Waals surface area contributed by atoms with Gasteiger partial charge in [-0.2, -0.15) is 0 Å². The van der Waals surface area contributed by atoms with Crippen molar-refractivity contribution in [2.24, 2.45) is 0 Å². The number of benzene rings is 3. The number of ether oxygens (including phenoxy) is 1. The van der Waals surface area contributed by atoms with Crippen LogP contribution in [-0.4, -0.2) is 28.6 Å². The topological polar surface area (TPSA) is 56.2 Å². The molecule has 3 aromatic carbocycles. The van der Waals surface area contributed by atoms with Crippen molar-refractivity contribution in [2.75, 3.05) is 13.2 Å². The highest BCUT2D eigenvalue weighted by molar-refractivity contribution is 5.88. The van der Waals surface area contributed by atoms with Gasteiger partial charge in [0.1, 0.15) is 18.2 Å². The van der Waals surface area contributed by atoms with Crippen LogP contribution < -0.4 is 10.1 Å². The van der Waals surface area contributed by atoms with Crippen LogP contribution in [0.2, 0.25) is 0 Å². The molecule has 1 heterocycles. The first-order valence-electron chi connectivity index (χ1n) is 10.2. The van der Waals surface area contributed by atoms with Gasteiger partial charge in [-0.3, -0.25) is 4.79 Å². The molecule has 30 heavy (non-hydrogen) atoms. The third kappa shape index (κ3) is 4.35. The van der Waals surface area contributed by atoms with Gasteiger partial charge in [0.25, 0.3) is 0 Å². The number of rotatable bonds is 8. The van der Waals surface area contributed by atoms with Crippen molar-refractivity contribution < 1.29 is 9.53 Å². The molecule has 0 fully saturated rings. The molecule has 0 atom stereocenters. The van der Waals surface area contributed by atoms with Crippen LogP contribution in [0.25, 0.3) is 21.8 Å². The minimum absolute atomic E-state index is 0.0838.